The molecule has 0 bridgehead atoms. The smallest absolute Gasteiger partial charge is 0.0911 e. The van der Waals surface area contributed by atoms with Crippen LogP contribution in [0.15, 0.2) is 24.5 Å². The van der Waals surface area contributed by atoms with E-state index in [4.69, 9.17) is 5.73 Å². The Balaban J connectivity index is 2.69. The quantitative estimate of drug-likeness (QED) is 0.675. The molecule has 62 valence electrons. The zero-order valence-electron chi connectivity index (χ0n) is 6.40. The van der Waals surface area contributed by atoms with E-state index in [0.29, 0.717) is 17.6 Å². The summed E-state index contributed by atoms with van der Waals surface area (Å²) in [7, 11) is 0. The van der Waals surface area contributed by atoms with Gasteiger partial charge >= 0.3 is 0 Å². The van der Waals surface area contributed by atoms with Crippen LogP contribution in [0.4, 0.5) is 0 Å². The molecule has 0 fully saturated rings. The summed E-state index contributed by atoms with van der Waals surface area (Å²) in [6.45, 7) is 0.474. The fraction of sp³-hybridized carbons (Fsp3) is 0.125. The second-order valence-electron chi connectivity index (χ2n) is 2.60. The SMILES string of the molecule is NCc1ccc2c(c1)ncn2[O-]. The van der Waals surface area contributed by atoms with Crippen LogP contribution in [0.25, 0.3) is 11.0 Å². The topological polar surface area (TPSA) is 66.9 Å². The molecule has 0 saturated carbocycles. The molecule has 0 aliphatic carbocycles. The highest BCUT2D eigenvalue weighted by Crippen LogP contribution is 2.13. The van der Waals surface area contributed by atoms with Gasteiger partial charge in [-0.05, 0) is 17.7 Å². The van der Waals surface area contributed by atoms with Gasteiger partial charge in [-0.2, -0.15) is 0 Å². The van der Waals surface area contributed by atoms with Crippen LogP contribution in [0, 0.1) is 5.21 Å². The molecular formula is C8H8N3O-. The van der Waals surface area contributed by atoms with Gasteiger partial charge in [-0.25, -0.2) is 4.98 Å². The summed E-state index contributed by atoms with van der Waals surface area (Å²) in [5.41, 5.74) is 7.71. The molecule has 0 radical (unpaired) electrons. The Hall–Kier alpha value is -1.55. The van der Waals surface area contributed by atoms with E-state index in [9.17, 15) is 5.21 Å². The summed E-state index contributed by atoms with van der Waals surface area (Å²) in [5.74, 6) is 0. The molecular weight excluding hydrogens is 154 g/mol. The third kappa shape index (κ3) is 0.931. The van der Waals surface area contributed by atoms with Gasteiger partial charge < -0.3 is 15.7 Å². The van der Waals surface area contributed by atoms with Gasteiger partial charge in [-0.15, -0.1) is 0 Å². The summed E-state index contributed by atoms with van der Waals surface area (Å²) in [6, 6.07) is 5.39. The molecule has 12 heavy (non-hydrogen) atoms. The number of aromatic nitrogens is 2. The molecule has 0 aliphatic heterocycles. The first kappa shape index (κ1) is 7.12. The Labute approximate surface area is 69.2 Å². The molecule has 2 rings (SSSR count). The van der Waals surface area contributed by atoms with Crippen molar-refractivity contribution in [3.05, 3.63) is 35.3 Å². The van der Waals surface area contributed by atoms with Crippen molar-refractivity contribution < 1.29 is 0 Å². The fourth-order valence-electron chi connectivity index (χ4n) is 1.16. The first-order chi connectivity index (χ1) is 5.81. The highest BCUT2D eigenvalue weighted by molar-refractivity contribution is 5.76. The average molecular weight is 162 g/mol. The second kappa shape index (κ2) is 2.49. The molecule has 0 atom stereocenters. The lowest BCUT2D eigenvalue weighted by Crippen LogP contribution is -1.95. The normalized spacial score (nSPS) is 10.8. The van der Waals surface area contributed by atoms with Gasteiger partial charge in [0.25, 0.3) is 0 Å². The predicted molar refractivity (Wildman–Crippen MR) is 46.4 cm³/mol. The highest BCUT2D eigenvalue weighted by Gasteiger charge is 1.97. The van der Waals surface area contributed by atoms with Crippen LogP contribution in [-0.2, 0) is 6.54 Å². The molecule has 1 aromatic heterocycles. The standard InChI is InChI=1S/C8H8N3O/c9-4-6-1-2-8-7(3-6)10-5-11(8)12/h1-3,5H,4,9H2/q-1. The molecule has 1 heterocycles. The highest BCUT2D eigenvalue weighted by atomic mass is 16.5. The molecule has 2 aromatic rings. The second-order valence-corrected chi connectivity index (χ2v) is 2.60. The minimum absolute atomic E-state index is 0.474. The Bertz CT molecular complexity index is 408. The van der Waals surface area contributed by atoms with Crippen LogP contribution in [0.1, 0.15) is 5.56 Å². The lowest BCUT2D eigenvalue weighted by atomic mass is 10.2. The lowest BCUT2D eigenvalue weighted by molar-refractivity contribution is 1.07. The molecule has 4 heteroatoms. The van der Waals surface area contributed by atoms with Crippen molar-refractivity contribution in [2.75, 3.05) is 0 Å². The minimum atomic E-state index is 0.474. The van der Waals surface area contributed by atoms with Crippen molar-refractivity contribution in [3.63, 3.8) is 0 Å². The molecule has 1 aromatic carbocycles. The summed E-state index contributed by atoms with van der Waals surface area (Å²) >= 11 is 0. The van der Waals surface area contributed by atoms with E-state index in [-0.39, 0.29) is 0 Å². The Morgan fingerprint density at radius 3 is 3.08 bits per heavy atom. The van der Waals surface area contributed by atoms with Gasteiger partial charge in [-0.1, -0.05) is 6.07 Å². The van der Waals surface area contributed by atoms with E-state index >= 15 is 0 Å². The molecule has 0 aliphatic rings. The van der Waals surface area contributed by atoms with Crippen molar-refractivity contribution in [3.8, 4) is 0 Å². The molecule has 0 unspecified atom stereocenters. The van der Waals surface area contributed by atoms with E-state index in [1.54, 1.807) is 6.07 Å². The van der Waals surface area contributed by atoms with E-state index in [2.05, 4.69) is 4.98 Å². The number of hydrogen-bond donors (Lipinski definition) is 1. The summed E-state index contributed by atoms with van der Waals surface area (Å²) in [4.78, 5) is 3.92. The summed E-state index contributed by atoms with van der Waals surface area (Å²) in [6.07, 6.45) is 1.25. The number of hydrogen-bond acceptors (Lipinski definition) is 3. The summed E-state index contributed by atoms with van der Waals surface area (Å²) < 4.78 is 0.746. The average Bonchev–Trinajstić information content (AvgIpc) is 2.47. The van der Waals surface area contributed by atoms with Crippen molar-refractivity contribution >= 4 is 11.0 Å². The molecule has 0 saturated heterocycles. The van der Waals surface area contributed by atoms with Crippen LogP contribution in [-0.4, -0.2) is 9.71 Å². The number of imidazole rings is 1. The van der Waals surface area contributed by atoms with Crippen molar-refractivity contribution in [2.24, 2.45) is 5.73 Å². The maximum Gasteiger partial charge on any atom is 0.0911 e. The van der Waals surface area contributed by atoms with E-state index in [1.165, 1.54) is 6.33 Å². The van der Waals surface area contributed by atoms with Gasteiger partial charge in [0.1, 0.15) is 0 Å². The Morgan fingerprint density at radius 2 is 2.33 bits per heavy atom. The Kier molecular flexibility index (Phi) is 1.48. The van der Waals surface area contributed by atoms with Crippen LogP contribution in [0.2, 0.25) is 0 Å². The van der Waals surface area contributed by atoms with Crippen molar-refractivity contribution in [1.29, 1.82) is 0 Å². The van der Waals surface area contributed by atoms with Crippen molar-refractivity contribution in [2.45, 2.75) is 6.54 Å². The number of rotatable bonds is 1. The van der Waals surface area contributed by atoms with E-state index in [0.717, 1.165) is 10.3 Å². The van der Waals surface area contributed by atoms with Crippen LogP contribution in [0.5, 0.6) is 0 Å². The first-order valence-corrected chi connectivity index (χ1v) is 3.65. The van der Waals surface area contributed by atoms with Gasteiger partial charge in [0, 0.05) is 6.54 Å². The van der Waals surface area contributed by atoms with Gasteiger partial charge in [0.2, 0.25) is 0 Å². The largest absolute Gasteiger partial charge is 0.805 e. The van der Waals surface area contributed by atoms with E-state index in [1.807, 2.05) is 12.1 Å². The third-order valence-electron chi connectivity index (χ3n) is 1.81. The van der Waals surface area contributed by atoms with Crippen LogP contribution >= 0.6 is 0 Å². The third-order valence-corrected chi connectivity index (χ3v) is 1.81. The zero-order valence-corrected chi connectivity index (χ0v) is 6.40. The minimum Gasteiger partial charge on any atom is -0.805 e. The first-order valence-electron chi connectivity index (χ1n) is 3.65. The molecule has 0 spiro atoms. The maximum atomic E-state index is 11.0. The van der Waals surface area contributed by atoms with Gasteiger partial charge in [0.05, 0.1) is 17.4 Å². The number of nitrogens with zero attached hydrogens (tertiary/aromatic N) is 2. The Morgan fingerprint density at radius 1 is 1.50 bits per heavy atom. The zero-order chi connectivity index (χ0) is 8.55. The number of nitrogens with two attached hydrogens (primary N) is 1. The van der Waals surface area contributed by atoms with Crippen LogP contribution < -0.4 is 5.73 Å². The molecule has 4 nitrogen and oxygen atoms in total. The van der Waals surface area contributed by atoms with Crippen LogP contribution in [0.3, 0.4) is 0 Å². The lowest BCUT2D eigenvalue weighted by Gasteiger charge is -2.05. The van der Waals surface area contributed by atoms with E-state index < -0.39 is 0 Å². The summed E-state index contributed by atoms with van der Waals surface area (Å²) in [5, 5.41) is 11.0. The van der Waals surface area contributed by atoms with Crippen molar-refractivity contribution in [1.82, 2.24) is 9.71 Å². The monoisotopic (exact) mass is 162 g/mol. The van der Waals surface area contributed by atoms with Gasteiger partial charge in [0.15, 0.2) is 0 Å². The predicted octanol–water partition coefficient (Wildman–Crippen LogP) is 0.841. The van der Waals surface area contributed by atoms with Gasteiger partial charge in [-0.3, -0.25) is 0 Å². The number of benzene rings is 1. The fourth-order valence-corrected chi connectivity index (χ4v) is 1.16. The maximum absolute atomic E-state index is 11.0. The number of fused-ring (bicyclic) bond motifs is 1. The molecule has 0 amide bonds. The molecule has 2 N–H and O–H groups in total.